The fourth-order valence-corrected chi connectivity index (χ4v) is 8.81. The van der Waals surface area contributed by atoms with Gasteiger partial charge in [0.25, 0.3) is 7.82 Å². The first-order valence-electron chi connectivity index (χ1n) is 30.6. The average Bonchev–Trinajstić information content (AvgIpc) is 3.38. The third-order valence-corrected chi connectivity index (χ3v) is 13.7. The maximum absolute atomic E-state index is 12.8. The Morgan fingerprint density at radius 3 is 1.14 bits per heavy atom. The molecule has 0 aliphatic carbocycles. The SMILES string of the molecule is CC/C=C\C/C=C\C/C=C\C/C=C\C/C=C\C/C=C\CCCCC(=O)OC(COC(=O)CCCCCCCCCCCCCCCCCC/C=C\C/C=C\C/C=C\CCCCCCC)COP(=O)([O-])OCC[N+](C)(C)C. The highest BCUT2D eigenvalue weighted by molar-refractivity contribution is 7.45. The smallest absolute Gasteiger partial charge is 0.306 e. The molecule has 0 amide bonds. The van der Waals surface area contributed by atoms with Crippen LogP contribution in [0.4, 0.5) is 0 Å². The Kier molecular flexibility index (Phi) is 53.9. The first kappa shape index (κ1) is 72.7. The molecular weight excluding hydrogens is 966 g/mol. The van der Waals surface area contributed by atoms with Crippen molar-refractivity contribution in [1.82, 2.24) is 0 Å². The molecule has 2 atom stereocenters. The molecule has 0 bridgehead atoms. The average molecular weight is 1080 g/mol. The molecule has 10 heteroatoms. The van der Waals surface area contributed by atoms with Crippen LogP contribution >= 0.6 is 7.82 Å². The number of carbonyl (C=O) groups is 2. The van der Waals surface area contributed by atoms with Crippen LogP contribution in [0.25, 0.3) is 0 Å². The molecule has 0 saturated carbocycles. The van der Waals surface area contributed by atoms with Gasteiger partial charge in [-0.15, -0.1) is 0 Å². The zero-order chi connectivity index (χ0) is 55.6. The summed E-state index contributed by atoms with van der Waals surface area (Å²) in [5.41, 5.74) is 0. The quantitative estimate of drug-likeness (QED) is 0.0195. The van der Waals surface area contributed by atoms with Crippen LogP contribution in [0.2, 0.25) is 0 Å². The van der Waals surface area contributed by atoms with Crippen molar-refractivity contribution in [2.75, 3.05) is 47.5 Å². The Balaban J connectivity index is 4.16. The van der Waals surface area contributed by atoms with E-state index in [4.69, 9.17) is 18.5 Å². The van der Waals surface area contributed by atoms with Crippen molar-refractivity contribution in [3.63, 3.8) is 0 Å². The van der Waals surface area contributed by atoms with E-state index >= 15 is 0 Å². The molecule has 0 N–H and O–H groups in total. The number of quaternary nitrogens is 1. The molecule has 76 heavy (non-hydrogen) atoms. The van der Waals surface area contributed by atoms with E-state index in [1.54, 1.807) is 0 Å². The molecule has 0 aliphatic rings. The Bertz CT molecular complexity index is 1650. The normalized spacial score (nSPS) is 14.0. The second kappa shape index (κ2) is 56.4. The highest BCUT2D eigenvalue weighted by atomic mass is 31.2. The largest absolute Gasteiger partial charge is 0.756 e. The van der Waals surface area contributed by atoms with Gasteiger partial charge < -0.3 is 27.9 Å². The van der Waals surface area contributed by atoms with E-state index in [9.17, 15) is 19.0 Å². The molecule has 0 aliphatic heterocycles. The lowest BCUT2D eigenvalue weighted by molar-refractivity contribution is -0.870. The van der Waals surface area contributed by atoms with Gasteiger partial charge in [-0.1, -0.05) is 239 Å². The minimum atomic E-state index is -4.66. The standard InChI is InChI=1S/C66H114NO8P/c1-6-8-10-12-14-16-18-20-22-24-26-28-29-30-31-32-33-34-35-36-37-39-40-42-44-46-48-50-52-54-56-58-65(68)72-62-64(63-74-76(70,71)73-61-60-67(3,4)5)75-66(69)59-57-55-53-51-49-47-45-43-41-38-27-25-23-21-19-17-15-13-11-9-7-2/h9,11,15,17-18,20-21,23-24,26-27,29-30,38,43,45,49,51,64H,6-8,10,12-14,16,19,22,25,28,31-37,39-42,44,46-48,50,52-63H2,1-5H3/b11-9-,17-15-,20-18-,23-21-,26-24-,30-29-,38-27-,45-43-,51-49-. The second-order valence-corrected chi connectivity index (χ2v) is 22.7. The molecule has 0 aromatic heterocycles. The van der Waals surface area contributed by atoms with E-state index in [0.717, 1.165) is 83.5 Å². The molecular formula is C66H114NO8P. The van der Waals surface area contributed by atoms with Gasteiger partial charge >= 0.3 is 11.9 Å². The van der Waals surface area contributed by atoms with Crippen molar-refractivity contribution in [3.8, 4) is 0 Å². The highest BCUT2D eigenvalue weighted by Gasteiger charge is 2.21. The first-order chi connectivity index (χ1) is 37.0. The Morgan fingerprint density at radius 1 is 0.421 bits per heavy atom. The summed E-state index contributed by atoms with van der Waals surface area (Å²) in [5.74, 6) is -0.887. The van der Waals surface area contributed by atoms with Gasteiger partial charge in [0, 0.05) is 12.8 Å². The second-order valence-electron chi connectivity index (χ2n) is 21.3. The van der Waals surface area contributed by atoms with Gasteiger partial charge in [0.2, 0.25) is 0 Å². The first-order valence-corrected chi connectivity index (χ1v) is 32.1. The maximum atomic E-state index is 12.8. The third-order valence-electron chi connectivity index (χ3n) is 12.8. The maximum Gasteiger partial charge on any atom is 0.306 e. The summed E-state index contributed by atoms with van der Waals surface area (Å²) >= 11 is 0. The molecule has 0 fully saturated rings. The molecule has 0 radical (unpaired) electrons. The molecule has 436 valence electrons. The number of unbranched alkanes of at least 4 members (excludes halogenated alkanes) is 23. The predicted molar refractivity (Wildman–Crippen MR) is 323 cm³/mol. The molecule has 0 rings (SSSR count). The lowest BCUT2D eigenvalue weighted by Crippen LogP contribution is -2.37. The zero-order valence-corrected chi connectivity index (χ0v) is 50.3. The minimum absolute atomic E-state index is 0.0446. The Hall–Kier alpha value is -3.33. The molecule has 0 aromatic rings. The zero-order valence-electron chi connectivity index (χ0n) is 49.4. The Morgan fingerprint density at radius 2 is 0.750 bits per heavy atom. The van der Waals surface area contributed by atoms with Gasteiger partial charge in [-0.2, -0.15) is 0 Å². The number of allylic oxidation sites excluding steroid dienone is 18. The van der Waals surface area contributed by atoms with Gasteiger partial charge in [0.1, 0.15) is 19.8 Å². The fraction of sp³-hybridized carbons (Fsp3) is 0.697. The molecule has 0 spiro atoms. The topological polar surface area (TPSA) is 111 Å². The number of likely N-dealkylation sites (N-methyl/N-ethyl adjacent to an activating group) is 1. The molecule has 0 saturated heterocycles. The van der Waals surface area contributed by atoms with Crippen LogP contribution in [-0.2, 0) is 32.7 Å². The predicted octanol–water partition coefficient (Wildman–Crippen LogP) is 18.7. The number of nitrogens with zero attached hydrogens (tertiary/aromatic N) is 1. The van der Waals surface area contributed by atoms with Gasteiger partial charge in [-0.05, 0) is 103 Å². The van der Waals surface area contributed by atoms with E-state index < -0.39 is 32.5 Å². The summed E-state index contributed by atoms with van der Waals surface area (Å²) in [7, 11) is 1.13. The van der Waals surface area contributed by atoms with Gasteiger partial charge in [0.15, 0.2) is 6.10 Å². The van der Waals surface area contributed by atoms with Crippen molar-refractivity contribution < 1.29 is 42.1 Å². The number of phosphoric ester groups is 1. The number of phosphoric acid groups is 1. The summed E-state index contributed by atoms with van der Waals surface area (Å²) < 4.78 is 34.1. The van der Waals surface area contributed by atoms with Crippen molar-refractivity contribution >= 4 is 19.8 Å². The summed E-state index contributed by atoms with van der Waals surface area (Å²) in [6.45, 7) is 4.06. The Labute approximate surface area is 467 Å². The number of rotatable bonds is 55. The van der Waals surface area contributed by atoms with Crippen LogP contribution < -0.4 is 4.89 Å². The van der Waals surface area contributed by atoms with Gasteiger partial charge in [0.05, 0.1) is 27.7 Å². The summed E-state index contributed by atoms with van der Waals surface area (Å²) in [6.07, 6.45) is 78.7. The molecule has 0 heterocycles. The van der Waals surface area contributed by atoms with Crippen LogP contribution in [0.15, 0.2) is 109 Å². The van der Waals surface area contributed by atoms with Crippen molar-refractivity contribution in [3.05, 3.63) is 109 Å². The number of hydrogen-bond donors (Lipinski definition) is 0. The van der Waals surface area contributed by atoms with E-state index in [2.05, 4.69) is 123 Å². The number of esters is 2. The van der Waals surface area contributed by atoms with E-state index in [1.807, 2.05) is 21.1 Å². The molecule has 9 nitrogen and oxygen atoms in total. The minimum Gasteiger partial charge on any atom is -0.756 e. The third kappa shape index (κ3) is 59.9. The highest BCUT2D eigenvalue weighted by Crippen LogP contribution is 2.38. The van der Waals surface area contributed by atoms with Crippen molar-refractivity contribution in [1.29, 1.82) is 0 Å². The number of hydrogen-bond acceptors (Lipinski definition) is 8. The van der Waals surface area contributed by atoms with Crippen molar-refractivity contribution in [2.24, 2.45) is 0 Å². The fourth-order valence-electron chi connectivity index (χ4n) is 8.08. The van der Waals surface area contributed by atoms with Crippen LogP contribution in [-0.4, -0.2) is 70.0 Å². The molecule has 0 aromatic carbocycles. The van der Waals surface area contributed by atoms with E-state index in [0.29, 0.717) is 17.4 Å². The van der Waals surface area contributed by atoms with Crippen LogP contribution in [0.5, 0.6) is 0 Å². The number of carbonyl (C=O) groups excluding carboxylic acids is 2. The number of ether oxygens (including phenoxy) is 2. The van der Waals surface area contributed by atoms with Crippen LogP contribution in [0.1, 0.15) is 245 Å². The van der Waals surface area contributed by atoms with Gasteiger partial charge in [-0.25, -0.2) is 0 Å². The summed E-state index contributed by atoms with van der Waals surface area (Å²) in [4.78, 5) is 37.9. The summed E-state index contributed by atoms with van der Waals surface area (Å²) in [6, 6.07) is 0. The lowest BCUT2D eigenvalue weighted by Gasteiger charge is -2.28. The monoisotopic (exact) mass is 1080 g/mol. The summed E-state index contributed by atoms with van der Waals surface area (Å²) in [5, 5.41) is 0. The van der Waals surface area contributed by atoms with E-state index in [1.165, 1.54) is 128 Å². The van der Waals surface area contributed by atoms with E-state index in [-0.39, 0.29) is 26.1 Å². The molecule has 2 unspecified atom stereocenters. The lowest BCUT2D eigenvalue weighted by atomic mass is 10.0. The van der Waals surface area contributed by atoms with Crippen molar-refractivity contribution in [2.45, 2.75) is 251 Å². The van der Waals surface area contributed by atoms with Crippen LogP contribution in [0.3, 0.4) is 0 Å². The van der Waals surface area contributed by atoms with Gasteiger partial charge in [-0.3, -0.25) is 14.2 Å². The van der Waals surface area contributed by atoms with Crippen LogP contribution in [0, 0.1) is 0 Å².